The van der Waals surface area contributed by atoms with Crippen LogP contribution >= 0.6 is 0 Å². The lowest BCUT2D eigenvalue weighted by molar-refractivity contribution is -0.134. The van der Waals surface area contributed by atoms with Crippen molar-refractivity contribution in [3.8, 4) is 11.5 Å². The van der Waals surface area contributed by atoms with E-state index in [1.165, 1.54) is 0 Å². The highest BCUT2D eigenvalue weighted by atomic mass is 16.5. The number of carbonyl (C=O) groups excluding carboxylic acids is 1. The molecule has 5 heteroatoms. The third-order valence-corrected chi connectivity index (χ3v) is 3.47. The van der Waals surface area contributed by atoms with Gasteiger partial charge in [0.25, 0.3) is 0 Å². The molecule has 1 aliphatic rings. The van der Waals surface area contributed by atoms with E-state index in [9.17, 15) is 4.79 Å². The number of hydrogen-bond acceptors (Lipinski definition) is 4. The van der Waals surface area contributed by atoms with Crippen LogP contribution in [0.2, 0.25) is 0 Å². The molecule has 1 saturated heterocycles. The Kier molecular flexibility index (Phi) is 5.24. The molecule has 1 N–H and O–H groups in total. The average molecular weight is 278 g/mol. The molecule has 110 valence electrons. The van der Waals surface area contributed by atoms with E-state index in [2.05, 4.69) is 12.2 Å². The van der Waals surface area contributed by atoms with Crippen LogP contribution in [0.15, 0.2) is 24.3 Å². The maximum Gasteiger partial charge on any atom is 0.226 e. The molecule has 0 spiro atoms. The molecule has 1 aromatic rings. The quantitative estimate of drug-likeness (QED) is 0.881. The van der Waals surface area contributed by atoms with Crippen molar-refractivity contribution in [2.24, 2.45) is 0 Å². The number of carbonyl (C=O) groups is 1. The van der Waals surface area contributed by atoms with Crippen molar-refractivity contribution in [2.75, 3.05) is 33.4 Å². The number of piperazine rings is 1. The summed E-state index contributed by atoms with van der Waals surface area (Å²) in [5, 5.41) is 3.28. The van der Waals surface area contributed by atoms with Gasteiger partial charge in [0.15, 0.2) is 0 Å². The molecule has 1 amide bonds. The number of benzene rings is 1. The molecular formula is C15H22N2O3. The Morgan fingerprint density at radius 1 is 1.35 bits per heavy atom. The second-order valence-electron chi connectivity index (χ2n) is 4.91. The van der Waals surface area contributed by atoms with Gasteiger partial charge in [-0.05, 0) is 31.2 Å². The molecule has 20 heavy (non-hydrogen) atoms. The molecule has 0 aliphatic carbocycles. The standard InChI is InChI=1S/C15H22N2O3/c1-12-11-16-8-9-17(12)15(18)7-10-20-14-5-3-13(19-2)4-6-14/h3-6,12,16H,7-11H2,1-2H3. The summed E-state index contributed by atoms with van der Waals surface area (Å²) in [6.45, 7) is 4.99. The first-order chi connectivity index (χ1) is 9.70. The van der Waals surface area contributed by atoms with Gasteiger partial charge in [-0.25, -0.2) is 0 Å². The summed E-state index contributed by atoms with van der Waals surface area (Å²) in [7, 11) is 1.63. The fourth-order valence-electron chi connectivity index (χ4n) is 2.28. The van der Waals surface area contributed by atoms with Crippen LogP contribution in [0, 0.1) is 0 Å². The Bertz CT molecular complexity index is 433. The van der Waals surface area contributed by atoms with Crippen LogP contribution in [0.4, 0.5) is 0 Å². The Morgan fingerprint density at radius 2 is 2.05 bits per heavy atom. The third kappa shape index (κ3) is 3.87. The third-order valence-electron chi connectivity index (χ3n) is 3.47. The smallest absolute Gasteiger partial charge is 0.226 e. The molecular weight excluding hydrogens is 256 g/mol. The van der Waals surface area contributed by atoms with Crippen molar-refractivity contribution in [3.63, 3.8) is 0 Å². The number of amides is 1. The van der Waals surface area contributed by atoms with Gasteiger partial charge in [-0.1, -0.05) is 0 Å². The van der Waals surface area contributed by atoms with Crippen LogP contribution in [-0.4, -0.2) is 50.2 Å². The van der Waals surface area contributed by atoms with Crippen molar-refractivity contribution in [2.45, 2.75) is 19.4 Å². The van der Waals surface area contributed by atoms with Crippen molar-refractivity contribution < 1.29 is 14.3 Å². The normalized spacial score (nSPS) is 18.7. The Labute approximate surface area is 119 Å². The highest BCUT2D eigenvalue weighted by Gasteiger charge is 2.22. The summed E-state index contributed by atoms with van der Waals surface area (Å²) in [6.07, 6.45) is 0.413. The van der Waals surface area contributed by atoms with Gasteiger partial charge in [-0.2, -0.15) is 0 Å². The number of nitrogens with one attached hydrogen (secondary N) is 1. The molecule has 1 fully saturated rings. The molecule has 1 aromatic carbocycles. The van der Waals surface area contributed by atoms with Gasteiger partial charge in [-0.15, -0.1) is 0 Å². The SMILES string of the molecule is COc1ccc(OCCC(=O)N2CCNCC2C)cc1. The topological polar surface area (TPSA) is 50.8 Å². The zero-order valence-electron chi connectivity index (χ0n) is 12.1. The second kappa shape index (κ2) is 7.14. The van der Waals surface area contributed by atoms with E-state index in [1.807, 2.05) is 29.2 Å². The minimum atomic E-state index is 0.160. The number of ether oxygens (including phenoxy) is 2. The largest absolute Gasteiger partial charge is 0.497 e. The first-order valence-corrected chi connectivity index (χ1v) is 6.97. The van der Waals surface area contributed by atoms with E-state index in [1.54, 1.807) is 7.11 Å². The first kappa shape index (κ1) is 14.7. The molecule has 0 bridgehead atoms. The van der Waals surface area contributed by atoms with Gasteiger partial charge < -0.3 is 19.7 Å². The monoisotopic (exact) mass is 278 g/mol. The summed E-state index contributed by atoms with van der Waals surface area (Å²) >= 11 is 0. The van der Waals surface area contributed by atoms with Crippen LogP contribution in [0.3, 0.4) is 0 Å². The number of rotatable bonds is 5. The summed E-state index contributed by atoms with van der Waals surface area (Å²) in [5.74, 6) is 1.71. The average Bonchev–Trinajstić information content (AvgIpc) is 2.48. The highest BCUT2D eigenvalue weighted by Crippen LogP contribution is 2.17. The first-order valence-electron chi connectivity index (χ1n) is 6.97. The minimum Gasteiger partial charge on any atom is -0.497 e. The maximum absolute atomic E-state index is 12.1. The van der Waals surface area contributed by atoms with Crippen LogP contribution < -0.4 is 14.8 Å². The van der Waals surface area contributed by atoms with Crippen molar-refractivity contribution in [1.82, 2.24) is 10.2 Å². The predicted octanol–water partition coefficient (Wildman–Crippen LogP) is 1.28. The summed E-state index contributed by atoms with van der Waals surface area (Å²) in [4.78, 5) is 14.0. The Hall–Kier alpha value is -1.75. The lowest BCUT2D eigenvalue weighted by Crippen LogP contribution is -2.52. The van der Waals surface area contributed by atoms with Crippen molar-refractivity contribution >= 4 is 5.91 Å². The summed E-state index contributed by atoms with van der Waals surface area (Å²) in [6, 6.07) is 7.63. The van der Waals surface area contributed by atoms with E-state index in [0.29, 0.717) is 13.0 Å². The van der Waals surface area contributed by atoms with E-state index >= 15 is 0 Å². The van der Waals surface area contributed by atoms with Gasteiger partial charge in [-0.3, -0.25) is 4.79 Å². The minimum absolute atomic E-state index is 0.160. The summed E-state index contributed by atoms with van der Waals surface area (Å²) in [5.41, 5.74) is 0. The van der Waals surface area contributed by atoms with Gasteiger partial charge in [0, 0.05) is 25.7 Å². The van der Waals surface area contributed by atoms with E-state index in [0.717, 1.165) is 31.1 Å². The van der Waals surface area contributed by atoms with Crippen LogP contribution in [0.1, 0.15) is 13.3 Å². The molecule has 1 atom stereocenters. The Morgan fingerprint density at radius 3 is 2.70 bits per heavy atom. The second-order valence-corrected chi connectivity index (χ2v) is 4.91. The van der Waals surface area contributed by atoms with E-state index in [4.69, 9.17) is 9.47 Å². The van der Waals surface area contributed by atoms with Gasteiger partial charge in [0.2, 0.25) is 5.91 Å². The highest BCUT2D eigenvalue weighted by molar-refractivity contribution is 5.76. The van der Waals surface area contributed by atoms with Crippen LogP contribution in [0.5, 0.6) is 11.5 Å². The number of hydrogen-bond donors (Lipinski definition) is 1. The Balaban J connectivity index is 1.75. The number of methoxy groups -OCH3 is 1. The van der Waals surface area contributed by atoms with E-state index < -0.39 is 0 Å². The molecule has 5 nitrogen and oxygen atoms in total. The van der Waals surface area contributed by atoms with Crippen molar-refractivity contribution in [1.29, 1.82) is 0 Å². The summed E-state index contributed by atoms with van der Waals surface area (Å²) < 4.78 is 10.7. The van der Waals surface area contributed by atoms with Crippen LogP contribution in [-0.2, 0) is 4.79 Å². The maximum atomic E-state index is 12.1. The zero-order valence-corrected chi connectivity index (χ0v) is 12.1. The van der Waals surface area contributed by atoms with E-state index in [-0.39, 0.29) is 11.9 Å². The molecule has 1 unspecified atom stereocenters. The predicted molar refractivity (Wildman–Crippen MR) is 77.2 cm³/mol. The molecule has 0 aromatic heterocycles. The van der Waals surface area contributed by atoms with Gasteiger partial charge in [0.1, 0.15) is 11.5 Å². The van der Waals surface area contributed by atoms with Gasteiger partial charge in [0.05, 0.1) is 20.1 Å². The zero-order chi connectivity index (χ0) is 14.4. The molecule has 1 aliphatic heterocycles. The van der Waals surface area contributed by atoms with Crippen LogP contribution in [0.25, 0.3) is 0 Å². The fourth-order valence-corrected chi connectivity index (χ4v) is 2.28. The van der Waals surface area contributed by atoms with Crippen molar-refractivity contribution in [3.05, 3.63) is 24.3 Å². The molecule has 0 radical (unpaired) electrons. The fraction of sp³-hybridized carbons (Fsp3) is 0.533. The lowest BCUT2D eigenvalue weighted by Gasteiger charge is -2.34. The number of nitrogens with zero attached hydrogens (tertiary/aromatic N) is 1. The molecule has 2 rings (SSSR count). The van der Waals surface area contributed by atoms with Gasteiger partial charge >= 0.3 is 0 Å². The molecule has 0 saturated carbocycles. The molecule has 1 heterocycles. The lowest BCUT2D eigenvalue weighted by atomic mass is 10.2.